The maximum absolute atomic E-state index is 13.8. The fourth-order valence-electron chi connectivity index (χ4n) is 4.55. The van der Waals surface area contributed by atoms with Crippen LogP contribution in [-0.2, 0) is 27.8 Å². The smallest absolute Gasteiger partial charge is 0.407 e. The number of carbonyl (C=O) groups is 1. The first-order valence-corrected chi connectivity index (χ1v) is 16.7. The highest BCUT2D eigenvalue weighted by Crippen LogP contribution is 2.35. The number of thiazole rings is 1. The molecule has 0 saturated carbocycles. The number of carbonyl (C=O) groups excluding carboxylic acids is 1. The minimum Gasteiger partial charge on any atom is -0.487 e. The van der Waals surface area contributed by atoms with Gasteiger partial charge in [0, 0.05) is 24.5 Å². The third-order valence-electron chi connectivity index (χ3n) is 6.54. The van der Waals surface area contributed by atoms with E-state index in [9.17, 15) is 18.3 Å². The quantitative estimate of drug-likeness (QED) is 0.265. The average molecular weight is 648 g/mol. The van der Waals surface area contributed by atoms with Crippen molar-refractivity contribution in [2.75, 3.05) is 19.9 Å². The van der Waals surface area contributed by atoms with E-state index in [4.69, 9.17) is 18.9 Å². The lowest BCUT2D eigenvalue weighted by molar-refractivity contribution is 0.0400. The van der Waals surface area contributed by atoms with Gasteiger partial charge in [0.05, 0.1) is 27.7 Å². The van der Waals surface area contributed by atoms with Gasteiger partial charge in [0.15, 0.2) is 11.5 Å². The van der Waals surface area contributed by atoms with E-state index in [1.54, 1.807) is 50.3 Å². The van der Waals surface area contributed by atoms with Gasteiger partial charge in [-0.15, -0.1) is 11.3 Å². The van der Waals surface area contributed by atoms with E-state index >= 15 is 0 Å². The minimum absolute atomic E-state index is 0.0177. The Kier molecular flexibility index (Phi) is 10.8. The van der Waals surface area contributed by atoms with Crippen LogP contribution in [0.2, 0.25) is 0 Å². The summed E-state index contributed by atoms with van der Waals surface area (Å²) >= 11 is 1.56. The van der Waals surface area contributed by atoms with Crippen LogP contribution in [0.5, 0.6) is 17.2 Å². The molecule has 2 atom stereocenters. The van der Waals surface area contributed by atoms with E-state index in [0.717, 1.165) is 16.3 Å². The topological polar surface area (TPSA) is 137 Å². The van der Waals surface area contributed by atoms with Gasteiger partial charge in [-0.2, -0.15) is 4.31 Å². The summed E-state index contributed by atoms with van der Waals surface area (Å²) in [5.74, 6) is 1.42. The molecule has 1 aromatic heterocycles. The minimum atomic E-state index is -4.04. The van der Waals surface area contributed by atoms with Gasteiger partial charge in [-0.3, -0.25) is 0 Å². The van der Waals surface area contributed by atoms with Gasteiger partial charge < -0.3 is 29.4 Å². The van der Waals surface area contributed by atoms with E-state index in [-0.39, 0.29) is 37.1 Å². The zero-order valence-corrected chi connectivity index (χ0v) is 27.5. The van der Waals surface area contributed by atoms with Gasteiger partial charge in [-0.1, -0.05) is 26.0 Å². The number of fused-ring (bicyclic) bond motifs is 1. The predicted octanol–water partition coefficient (Wildman–Crippen LogP) is 4.90. The Morgan fingerprint density at radius 2 is 1.82 bits per heavy atom. The Balaban J connectivity index is 1.52. The number of aliphatic hydroxyl groups is 1. The van der Waals surface area contributed by atoms with Gasteiger partial charge in [0.25, 0.3) is 0 Å². The van der Waals surface area contributed by atoms with Gasteiger partial charge in [-0.05, 0) is 69.9 Å². The first-order valence-electron chi connectivity index (χ1n) is 14.4. The van der Waals surface area contributed by atoms with E-state index in [1.807, 2.05) is 38.3 Å². The largest absolute Gasteiger partial charge is 0.487 e. The third kappa shape index (κ3) is 9.31. The van der Waals surface area contributed by atoms with E-state index in [1.165, 1.54) is 16.4 Å². The summed E-state index contributed by atoms with van der Waals surface area (Å²) in [5.41, 5.74) is 0.889. The van der Waals surface area contributed by atoms with Gasteiger partial charge in [0.2, 0.25) is 16.8 Å². The number of hydrogen-bond donors (Lipinski definition) is 2. The molecule has 11 nitrogen and oxygen atoms in total. The van der Waals surface area contributed by atoms with E-state index < -0.39 is 33.9 Å². The van der Waals surface area contributed by atoms with Crippen LogP contribution in [0.1, 0.15) is 50.9 Å². The number of alkyl carbamates (subject to hydrolysis) is 1. The molecule has 0 spiro atoms. The van der Waals surface area contributed by atoms with Crippen molar-refractivity contribution < 1.29 is 37.3 Å². The molecule has 2 heterocycles. The summed E-state index contributed by atoms with van der Waals surface area (Å²) in [5, 5.41) is 17.2. The molecule has 3 aromatic rings. The first kappa shape index (κ1) is 33.5. The van der Waals surface area contributed by atoms with Crippen LogP contribution < -0.4 is 19.5 Å². The van der Waals surface area contributed by atoms with Crippen LogP contribution in [0.15, 0.2) is 52.7 Å². The Morgan fingerprint density at radius 3 is 2.45 bits per heavy atom. The highest BCUT2D eigenvalue weighted by molar-refractivity contribution is 7.89. The van der Waals surface area contributed by atoms with Crippen molar-refractivity contribution in [3.63, 3.8) is 0 Å². The normalized spacial score (nSPS) is 14.5. The molecule has 13 heteroatoms. The number of amides is 1. The Hall–Kier alpha value is -3.39. The molecule has 0 bridgehead atoms. The van der Waals surface area contributed by atoms with Crippen molar-refractivity contribution in [3.8, 4) is 17.2 Å². The number of aryl methyl sites for hydroxylation is 1. The van der Waals surface area contributed by atoms with Crippen LogP contribution in [-0.4, -0.2) is 66.5 Å². The Labute approximate surface area is 263 Å². The fraction of sp³-hybridized carbons (Fsp3) is 0.484. The molecule has 2 aromatic carbocycles. The molecule has 0 saturated heterocycles. The molecule has 0 fully saturated rings. The Morgan fingerprint density at radius 1 is 1.11 bits per heavy atom. The monoisotopic (exact) mass is 647 g/mol. The van der Waals surface area contributed by atoms with Crippen LogP contribution in [0.25, 0.3) is 0 Å². The lowest BCUT2D eigenvalue weighted by Crippen LogP contribution is -2.51. The first-order chi connectivity index (χ1) is 20.7. The fourth-order valence-corrected chi connectivity index (χ4v) is 6.78. The number of hydrogen-bond acceptors (Lipinski definition) is 10. The summed E-state index contributed by atoms with van der Waals surface area (Å²) in [7, 11) is -4.04. The van der Waals surface area contributed by atoms with Crippen molar-refractivity contribution in [2.45, 2.75) is 77.2 Å². The Bertz CT molecular complexity index is 1520. The maximum atomic E-state index is 13.8. The molecule has 2 N–H and O–H groups in total. The SMILES string of the molecule is Cc1nc(COc2ccc(CC(NC(=O)OC(C)(C)C)[C@H](O)CN(CC(C)C)S(=O)(=O)c3ccc4c(c3)OCO4)cc2)cs1. The number of nitrogens with zero attached hydrogens (tertiary/aromatic N) is 2. The highest BCUT2D eigenvalue weighted by Gasteiger charge is 2.33. The molecule has 4 rings (SSSR count). The number of rotatable bonds is 13. The van der Waals surface area contributed by atoms with Crippen molar-refractivity contribution in [2.24, 2.45) is 5.92 Å². The van der Waals surface area contributed by atoms with Crippen molar-refractivity contribution in [1.82, 2.24) is 14.6 Å². The van der Waals surface area contributed by atoms with E-state index in [0.29, 0.717) is 23.9 Å². The number of aromatic nitrogens is 1. The van der Waals surface area contributed by atoms with Gasteiger partial charge in [0.1, 0.15) is 18.0 Å². The molecule has 1 aliphatic heterocycles. The molecule has 1 aliphatic rings. The lowest BCUT2D eigenvalue weighted by atomic mass is 10.0. The molecule has 0 radical (unpaired) electrons. The second kappa shape index (κ2) is 14.1. The predicted molar refractivity (Wildman–Crippen MR) is 167 cm³/mol. The molecular formula is C31H41N3O8S2. The van der Waals surface area contributed by atoms with Gasteiger partial charge >= 0.3 is 6.09 Å². The summed E-state index contributed by atoms with van der Waals surface area (Å²) in [6, 6.07) is 10.9. The highest BCUT2D eigenvalue weighted by atomic mass is 32.2. The number of benzene rings is 2. The molecule has 1 unspecified atom stereocenters. The van der Waals surface area contributed by atoms with Crippen LogP contribution >= 0.6 is 11.3 Å². The number of sulfonamides is 1. The van der Waals surface area contributed by atoms with Crippen LogP contribution in [0, 0.1) is 12.8 Å². The molecule has 240 valence electrons. The van der Waals surface area contributed by atoms with Crippen molar-refractivity contribution >= 4 is 27.5 Å². The van der Waals surface area contributed by atoms with Crippen molar-refractivity contribution in [3.05, 3.63) is 64.1 Å². The molecule has 44 heavy (non-hydrogen) atoms. The second-order valence-electron chi connectivity index (χ2n) is 12.0. The summed E-state index contributed by atoms with van der Waals surface area (Å²) in [4.78, 5) is 17.2. The zero-order valence-electron chi connectivity index (χ0n) is 25.9. The second-order valence-corrected chi connectivity index (χ2v) is 15.0. The van der Waals surface area contributed by atoms with E-state index in [2.05, 4.69) is 10.3 Å². The summed E-state index contributed by atoms with van der Waals surface area (Å²) < 4.78 is 50.8. The standard InChI is InChI=1S/C31H41N3O8S2/c1-20(2)15-34(44(37,38)25-11-12-28-29(14-25)41-19-40-28)16-27(35)26(33-30(36)42-31(4,5)6)13-22-7-9-24(10-8-22)39-17-23-18-43-21(3)32-23/h7-12,14,18,20,26-27,35H,13,15-17,19H2,1-6H3,(H,33,36)/t26?,27-/m1/s1. The van der Waals surface area contributed by atoms with Crippen LogP contribution in [0.4, 0.5) is 4.79 Å². The van der Waals surface area contributed by atoms with Crippen LogP contribution in [0.3, 0.4) is 0 Å². The van der Waals surface area contributed by atoms with Crippen molar-refractivity contribution in [1.29, 1.82) is 0 Å². The lowest BCUT2D eigenvalue weighted by Gasteiger charge is -2.31. The summed E-state index contributed by atoms with van der Waals surface area (Å²) in [6.07, 6.45) is -1.77. The third-order valence-corrected chi connectivity index (χ3v) is 9.19. The number of aliphatic hydroxyl groups excluding tert-OH is 1. The number of ether oxygens (including phenoxy) is 4. The molecule has 1 amide bonds. The summed E-state index contributed by atoms with van der Waals surface area (Å²) in [6.45, 7) is 11.2. The van der Waals surface area contributed by atoms with Gasteiger partial charge in [-0.25, -0.2) is 18.2 Å². The number of nitrogens with one attached hydrogen (secondary N) is 1. The average Bonchev–Trinajstić information content (AvgIpc) is 3.58. The molecule has 0 aliphatic carbocycles. The molecular weight excluding hydrogens is 606 g/mol. The zero-order chi connectivity index (χ0) is 32.1. The maximum Gasteiger partial charge on any atom is 0.407 e.